The molecule has 0 aliphatic heterocycles. The predicted octanol–water partition coefficient (Wildman–Crippen LogP) is 2.04. The fourth-order valence-electron chi connectivity index (χ4n) is 3.17. The maximum absolute atomic E-state index is 12.3. The van der Waals surface area contributed by atoms with Gasteiger partial charge in [-0.1, -0.05) is 0 Å². The summed E-state index contributed by atoms with van der Waals surface area (Å²) in [7, 11) is 3.31. The van der Waals surface area contributed by atoms with Crippen molar-refractivity contribution in [2.75, 3.05) is 27.4 Å². The van der Waals surface area contributed by atoms with Crippen LogP contribution in [0.5, 0.6) is 5.75 Å². The van der Waals surface area contributed by atoms with Crippen LogP contribution in [0, 0.1) is 5.92 Å². The number of methoxy groups -OCH3 is 2. The fourth-order valence-corrected chi connectivity index (χ4v) is 3.17. The van der Waals surface area contributed by atoms with E-state index in [-0.39, 0.29) is 11.8 Å². The molecular formula is C17H22N2O3. The second-order valence-corrected chi connectivity index (χ2v) is 5.72. The highest BCUT2D eigenvalue weighted by Gasteiger charge is 2.27. The van der Waals surface area contributed by atoms with Crippen LogP contribution in [-0.2, 0) is 22.4 Å². The number of aryl methyl sites for hydroxylation is 1. The molecule has 5 nitrogen and oxygen atoms in total. The van der Waals surface area contributed by atoms with Gasteiger partial charge in [-0.25, -0.2) is 0 Å². The Kier molecular flexibility index (Phi) is 4.34. The number of H-pyrrole nitrogens is 1. The lowest BCUT2D eigenvalue weighted by Crippen LogP contribution is -2.35. The van der Waals surface area contributed by atoms with Gasteiger partial charge in [-0.15, -0.1) is 0 Å². The van der Waals surface area contributed by atoms with Crippen molar-refractivity contribution in [1.29, 1.82) is 0 Å². The highest BCUT2D eigenvalue weighted by atomic mass is 16.5. The summed E-state index contributed by atoms with van der Waals surface area (Å²) in [6.07, 6.45) is 2.58. The molecule has 2 aromatic rings. The van der Waals surface area contributed by atoms with Gasteiger partial charge in [-0.3, -0.25) is 4.79 Å². The average molecular weight is 302 g/mol. The zero-order valence-corrected chi connectivity index (χ0v) is 13.1. The SMILES string of the molecule is COCCNC(=O)C1CCc2[nH]c3ccc(OC)cc3c2C1. The van der Waals surface area contributed by atoms with Gasteiger partial charge in [0.15, 0.2) is 0 Å². The number of carbonyl (C=O) groups is 1. The van der Waals surface area contributed by atoms with Crippen LogP contribution in [0.15, 0.2) is 18.2 Å². The van der Waals surface area contributed by atoms with Gasteiger partial charge < -0.3 is 19.8 Å². The predicted molar refractivity (Wildman–Crippen MR) is 85.3 cm³/mol. The average Bonchev–Trinajstić information content (AvgIpc) is 2.91. The first-order chi connectivity index (χ1) is 10.7. The molecule has 2 N–H and O–H groups in total. The van der Waals surface area contributed by atoms with Gasteiger partial charge >= 0.3 is 0 Å². The summed E-state index contributed by atoms with van der Waals surface area (Å²) in [5.41, 5.74) is 3.63. The molecule has 1 atom stereocenters. The van der Waals surface area contributed by atoms with Gasteiger partial charge in [0, 0.05) is 36.2 Å². The molecule has 1 aliphatic carbocycles. The zero-order valence-electron chi connectivity index (χ0n) is 13.1. The van der Waals surface area contributed by atoms with E-state index in [2.05, 4.69) is 16.4 Å². The van der Waals surface area contributed by atoms with Crippen molar-refractivity contribution in [3.8, 4) is 5.75 Å². The van der Waals surface area contributed by atoms with Crippen LogP contribution in [0.2, 0.25) is 0 Å². The van der Waals surface area contributed by atoms with Gasteiger partial charge in [0.05, 0.1) is 13.7 Å². The highest BCUT2D eigenvalue weighted by Crippen LogP contribution is 2.33. The smallest absolute Gasteiger partial charge is 0.223 e. The normalized spacial score (nSPS) is 17.3. The number of aromatic nitrogens is 1. The molecule has 5 heteroatoms. The fraction of sp³-hybridized carbons (Fsp3) is 0.471. The molecule has 0 spiro atoms. The van der Waals surface area contributed by atoms with E-state index in [0.29, 0.717) is 13.2 Å². The molecule has 1 amide bonds. The van der Waals surface area contributed by atoms with Crippen molar-refractivity contribution >= 4 is 16.8 Å². The number of hydrogen-bond acceptors (Lipinski definition) is 3. The lowest BCUT2D eigenvalue weighted by atomic mass is 9.86. The van der Waals surface area contributed by atoms with E-state index in [0.717, 1.165) is 30.5 Å². The van der Waals surface area contributed by atoms with Crippen LogP contribution >= 0.6 is 0 Å². The van der Waals surface area contributed by atoms with Crippen LogP contribution < -0.4 is 10.1 Å². The molecule has 1 aromatic heterocycles. The number of nitrogens with one attached hydrogen (secondary N) is 2. The van der Waals surface area contributed by atoms with Crippen molar-refractivity contribution in [2.45, 2.75) is 19.3 Å². The maximum atomic E-state index is 12.3. The molecule has 0 saturated carbocycles. The first kappa shape index (κ1) is 14.9. The van der Waals surface area contributed by atoms with Crippen molar-refractivity contribution in [3.63, 3.8) is 0 Å². The minimum absolute atomic E-state index is 0.0366. The van der Waals surface area contributed by atoms with Crippen molar-refractivity contribution < 1.29 is 14.3 Å². The molecule has 1 aromatic carbocycles. The minimum atomic E-state index is 0.0366. The Morgan fingerprint density at radius 1 is 1.41 bits per heavy atom. The summed E-state index contributed by atoms with van der Waals surface area (Å²) in [4.78, 5) is 15.7. The van der Waals surface area contributed by atoms with E-state index in [1.165, 1.54) is 16.6 Å². The number of ether oxygens (including phenoxy) is 2. The minimum Gasteiger partial charge on any atom is -0.497 e. The van der Waals surface area contributed by atoms with Crippen LogP contribution in [0.25, 0.3) is 10.9 Å². The standard InChI is InChI=1S/C17H22N2O3/c1-21-8-7-18-17(20)11-3-5-15-13(9-11)14-10-12(22-2)4-6-16(14)19-15/h4,6,10-11,19H,3,5,7-9H2,1-2H3,(H,18,20). The molecular weight excluding hydrogens is 280 g/mol. The summed E-state index contributed by atoms with van der Waals surface area (Å²) in [5.74, 6) is 1.01. The molecule has 22 heavy (non-hydrogen) atoms. The van der Waals surface area contributed by atoms with Crippen molar-refractivity contribution in [1.82, 2.24) is 10.3 Å². The Balaban J connectivity index is 1.80. The van der Waals surface area contributed by atoms with E-state index in [9.17, 15) is 4.79 Å². The van der Waals surface area contributed by atoms with Crippen molar-refractivity contribution in [3.05, 3.63) is 29.5 Å². The zero-order chi connectivity index (χ0) is 15.5. The van der Waals surface area contributed by atoms with Crippen LogP contribution in [0.4, 0.5) is 0 Å². The largest absolute Gasteiger partial charge is 0.497 e. The molecule has 118 valence electrons. The van der Waals surface area contributed by atoms with E-state index in [1.807, 2.05) is 12.1 Å². The molecule has 0 saturated heterocycles. The first-order valence-electron chi connectivity index (χ1n) is 7.67. The van der Waals surface area contributed by atoms with Crippen molar-refractivity contribution in [2.24, 2.45) is 5.92 Å². The molecule has 3 rings (SSSR count). The third-order valence-electron chi connectivity index (χ3n) is 4.37. The van der Waals surface area contributed by atoms with Crippen LogP contribution in [0.1, 0.15) is 17.7 Å². The Hall–Kier alpha value is -2.01. The quantitative estimate of drug-likeness (QED) is 0.831. The number of fused-ring (bicyclic) bond motifs is 3. The summed E-state index contributed by atoms with van der Waals surface area (Å²) in [5, 5.41) is 4.12. The Labute approximate surface area is 130 Å². The molecule has 0 fully saturated rings. The van der Waals surface area contributed by atoms with Crippen LogP contribution in [-0.4, -0.2) is 38.3 Å². The third-order valence-corrected chi connectivity index (χ3v) is 4.37. The van der Waals surface area contributed by atoms with E-state index < -0.39 is 0 Å². The molecule has 1 heterocycles. The second kappa shape index (κ2) is 6.40. The monoisotopic (exact) mass is 302 g/mol. The Bertz CT molecular complexity index is 678. The maximum Gasteiger partial charge on any atom is 0.223 e. The molecule has 0 radical (unpaired) electrons. The van der Waals surface area contributed by atoms with E-state index >= 15 is 0 Å². The van der Waals surface area contributed by atoms with E-state index in [4.69, 9.17) is 9.47 Å². The van der Waals surface area contributed by atoms with Gasteiger partial charge in [0.2, 0.25) is 5.91 Å². The number of carbonyl (C=O) groups excluding carboxylic acids is 1. The molecule has 1 aliphatic rings. The lowest BCUT2D eigenvalue weighted by molar-refractivity contribution is -0.125. The lowest BCUT2D eigenvalue weighted by Gasteiger charge is -2.21. The summed E-state index contributed by atoms with van der Waals surface area (Å²) in [6.45, 7) is 1.12. The number of rotatable bonds is 5. The summed E-state index contributed by atoms with van der Waals surface area (Å²) >= 11 is 0. The molecule has 0 bridgehead atoms. The second-order valence-electron chi connectivity index (χ2n) is 5.72. The van der Waals surface area contributed by atoms with Gasteiger partial charge in [-0.2, -0.15) is 0 Å². The Morgan fingerprint density at radius 2 is 2.27 bits per heavy atom. The van der Waals surface area contributed by atoms with Gasteiger partial charge in [-0.05, 0) is 43.0 Å². The summed E-state index contributed by atoms with van der Waals surface area (Å²) in [6, 6.07) is 6.05. The number of hydrogen-bond donors (Lipinski definition) is 2. The number of amides is 1. The van der Waals surface area contributed by atoms with Gasteiger partial charge in [0.1, 0.15) is 5.75 Å². The number of aromatic amines is 1. The summed E-state index contributed by atoms with van der Waals surface area (Å²) < 4.78 is 10.3. The topological polar surface area (TPSA) is 63.3 Å². The Morgan fingerprint density at radius 3 is 3.05 bits per heavy atom. The number of benzene rings is 1. The van der Waals surface area contributed by atoms with E-state index in [1.54, 1.807) is 14.2 Å². The van der Waals surface area contributed by atoms with Crippen LogP contribution in [0.3, 0.4) is 0 Å². The highest BCUT2D eigenvalue weighted by molar-refractivity contribution is 5.88. The third kappa shape index (κ3) is 2.81. The first-order valence-corrected chi connectivity index (χ1v) is 7.67. The molecule has 1 unspecified atom stereocenters. The van der Waals surface area contributed by atoms with Gasteiger partial charge in [0.25, 0.3) is 0 Å².